The first-order valence-corrected chi connectivity index (χ1v) is 14.1. The minimum Gasteiger partial charge on any atom is -0.462 e. The zero-order chi connectivity index (χ0) is 25.9. The number of H-pyrrole nitrogens is 1. The van der Waals surface area contributed by atoms with E-state index in [9.17, 15) is 14.4 Å². The van der Waals surface area contributed by atoms with E-state index >= 15 is 0 Å². The minimum absolute atomic E-state index is 0.205. The average molecular weight is 534 g/mol. The van der Waals surface area contributed by atoms with Crippen LogP contribution in [-0.4, -0.2) is 33.7 Å². The number of aromatic amines is 1. The van der Waals surface area contributed by atoms with Crippen LogP contribution in [0.15, 0.2) is 57.8 Å². The number of fused-ring (bicyclic) bond motifs is 2. The van der Waals surface area contributed by atoms with E-state index in [0.717, 1.165) is 24.0 Å². The maximum atomic E-state index is 13.1. The van der Waals surface area contributed by atoms with Crippen LogP contribution in [0.4, 0.5) is 5.69 Å². The Hall–Kier alpha value is -3.43. The molecule has 0 fully saturated rings. The van der Waals surface area contributed by atoms with Crippen LogP contribution in [-0.2, 0) is 22.4 Å². The largest absolute Gasteiger partial charge is 0.462 e. The fourth-order valence-electron chi connectivity index (χ4n) is 4.47. The van der Waals surface area contributed by atoms with Crippen LogP contribution in [0.25, 0.3) is 21.3 Å². The lowest BCUT2D eigenvalue weighted by Gasteiger charge is -2.16. The Morgan fingerprint density at radius 2 is 1.89 bits per heavy atom. The van der Waals surface area contributed by atoms with E-state index in [-0.39, 0.29) is 11.5 Å². The summed E-state index contributed by atoms with van der Waals surface area (Å²) in [6, 6.07) is 13.0. The minimum atomic E-state index is -0.509. The third kappa shape index (κ3) is 5.47. The van der Waals surface area contributed by atoms with Gasteiger partial charge in [-0.15, -0.1) is 11.3 Å². The first-order valence-electron chi connectivity index (χ1n) is 12.3. The number of thioether (sulfide) groups is 1. The molecule has 1 aliphatic carbocycles. The van der Waals surface area contributed by atoms with Gasteiger partial charge in [0.2, 0.25) is 5.91 Å². The molecule has 37 heavy (non-hydrogen) atoms. The van der Waals surface area contributed by atoms with E-state index in [1.807, 2.05) is 5.38 Å². The Morgan fingerprint density at radius 1 is 1.14 bits per heavy atom. The highest BCUT2D eigenvalue weighted by molar-refractivity contribution is 8.00. The molecule has 1 unspecified atom stereocenters. The second-order valence-electron chi connectivity index (χ2n) is 8.94. The highest BCUT2D eigenvalue weighted by atomic mass is 32.2. The molecule has 2 aromatic heterocycles. The van der Waals surface area contributed by atoms with Crippen molar-refractivity contribution in [2.75, 3.05) is 11.9 Å². The number of esters is 1. The van der Waals surface area contributed by atoms with Crippen LogP contribution in [0, 0.1) is 0 Å². The molecule has 1 atom stereocenters. The molecule has 9 heteroatoms. The number of ether oxygens (including phenoxy) is 1. The number of thiophene rings is 1. The van der Waals surface area contributed by atoms with Crippen molar-refractivity contribution in [1.82, 2.24) is 9.97 Å². The number of nitrogens with zero attached hydrogens (tertiary/aromatic N) is 1. The maximum absolute atomic E-state index is 13.1. The van der Waals surface area contributed by atoms with Gasteiger partial charge in [-0.3, -0.25) is 9.59 Å². The molecule has 4 aromatic rings. The Balaban J connectivity index is 1.30. The standard InChI is InChI=1S/C28H27N3O4S2/c1-3-35-27(34)18-10-12-21(13-11-18)29-24(32)16(2)37-28-30-25(33)23-22(15-36-26(23)31-28)20-9-8-17-6-4-5-7-19(17)14-20/h8-16H,3-7H2,1-2H3,(H,29,32)(H,30,31,33). The molecule has 2 N–H and O–H groups in total. The summed E-state index contributed by atoms with van der Waals surface area (Å²) in [5, 5.41) is 5.30. The van der Waals surface area contributed by atoms with Crippen molar-refractivity contribution < 1.29 is 14.3 Å². The smallest absolute Gasteiger partial charge is 0.338 e. The van der Waals surface area contributed by atoms with E-state index in [1.165, 1.54) is 47.1 Å². The van der Waals surface area contributed by atoms with E-state index < -0.39 is 11.2 Å². The molecule has 1 aliphatic rings. The van der Waals surface area contributed by atoms with Gasteiger partial charge in [0.05, 0.1) is 22.8 Å². The number of carbonyl (C=O) groups excluding carboxylic acids is 2. The number of carbonyl (C=O) groups is 2. The fraction of sp³-hybridized carbons (Fsp3) is 0.286. The first kappa shape index (κ1) is 25.2. The van der Waals surface area contributed by atoms with Crippen molar-refractivity contribution in [2.24, 2.45) is 0 Å². The van der Waals surface area contributed by atoms with Gasteiger partial charge in [-0.05, 0) is 80.5 Å². The van der Waals surface area contributed by atoms with Crippen molar-refractivity contribution in [3.05, 3.63) is 74.9 Å². The fourth-order valence-corrected chi connectivity index (χ4v) is 6.27. The molecule has 0 saturated heterocycles. The molecular weight excluding hydrogens is 506 g/mol. The number of anilines is 1. The Bertz CT molecular complexity index is 1520. The lowest BCUT2D eigenvalue weighted by atomic mass is 9.89. The average Bonchev–Trinajstić information content (AvgIpc) is 3.33. The van der Waals surface area contributed by atoms with Crippen LogP contribution in [0.5, 0.6) is 0 Å². The molecule has 2 aromatic carbocycles. The molecule has 0 bridgehead atoms. The lowest BCUT2D eigenvalue weighted by Crippen LogP contribution is -2.23. The maximum Gasteiger partial charge on any atom is 0.338 e. The Kier molecular flexibility index (Phi) is 7.43. The van der Waals surface area contributed by atoms with Crippen LogP contribution in [0.3, 0.4) is 0 Å². The summed E-state index contributed by atoms with van der Waals surface area (Å²) < 4.78 is 4.98. The number of aromatic nitrogens is 2. The molecule has 5 rings (SSSR count). The number of hydrogen-bond donors (Lipinski definition) is 2. The number of hydrogen-bond acceptors (Lipinski definition) is 7. The number of aryl methyl sites for hydroxylation is 2. The van der Waals surface area contributed by atoms with Gasteiger partial charge in [0.1, 0.15) is 4.83 Å². The normalized spacial score (nSPS) is 13.7. The van der Waals surface area contributed by atoms with Gasteiger partial charge in [-0.25, -0.2) is 9.78 Å². The zero-order valence-corrected chi connectivity index (χ0v) is 22.3. The molecular formula is C28H27N3O4S2. The summed E-state index contributed by atoms with van der Waals surface area (Å²) >= 11 is 2.63. The molecule has 1 amide bonds. The van der Waals surface area contributed by atoms with Gasteiger partial charge in [-0.1, -0.05) is 30.0 Å². The molecule has 7 nitrogen and oxygen atoms in total. The number of nitrogens with one attached hydrogen (secondary N) is 2. The summed E-state index contributed by atoms with van der Waals surface area (Å²) in [5.41, 5.74) is 5.50. The van der Waals surface area contributed by atoms with Gasteiger partial charge in [0.15, 0.2) is 5.16 Å². The van der Waals surface area contributed by atoms with Gasteiger partial charge in [0.25, 0.3) is 5.56 Å². The van der Waals surface area contributed by atoms with Crippen LogP contribution >= 0.6 is 23.1 Å². The summed E-state index contributed by atoms with van der Waals surface area (Å²) in [6.45, 7) is 3.80. The van der Waals surface area contributed by atoms with Crippen LogP contribution in [0.1, 0.15) is 48.2 Å². The number of rotatable bonds is 7. The van der Waals surface area contributed by atoms with Crippen molar-refractivity contribution >= 4 is 50.9 Å². The molecule has 2 heterocycles. The third-order valence-electron chi connectivity index (χ3n) is 6.40. The first-order chi connectivity index (χ1) is 17.9. The quantitative estimate of drug-likeness (QED) is 0.176. The SMILES string of the molecule is CCOC(=O)c1ccc(NC(=O)C(C)Sc2nc3scc(-c4ccc5c(c4)CCCC5)c3c(=O)[nH]2)cc1. The second-order valence-corrected chi connectivity index (χ2v) is 11.1. The highest BCUT2D eigenvalue weighted by Crippen LogP contribution is 2.34. The molecule has 0 radical (unpaired) electrons. The van der Waals surface area contributed by atoms with Crippen LogP contribution in [0.2, 0.25) is 0 Å². The summed E-state index contributed by atoms with van der Waals surface area (Å²) in [7, 11) is 0. The van der Waals surface area contributed by atoms with Crippen molar-refractivity contribution in [3.8, 4) is 11.1 Å². The van der Waals surface area contributed by atoms with Crippen molar-refractivity contribution in [1.29, 1.82) is 0 Å². The summed E-state index contributed by atoms with van der Waals surface area (Å²) in [5.74, 6) is -0.643. The third-order valence-corrected chi connectivity index (χ3v) is 8.26. The predicted octanol–water partition coefficient (Wildman–Crippen LogP) is 5.83. The molecule has 0 saturated carbocycles. The second kappa shape index (κ2) is 10.9. The predicted molar refractivity (Wildman–Crippen MR) is 149 cm³/mol. The molecule has 0 aliphatic heterocycles. The van der Waals surface area contributed by atoms with Gasteiger partial charge in [-0.2, -0.15) is 0 Å². The molecule has 0 spiro atoms. The van der Waals surface area contributed by atoms with Crippen molar-refractivity contribution in [2.45, 2.75) is 49.9 Å². The highest BCUT2D eigenvalue weighted by Gasteiger charge is 2.20. The number of benzene rings is 2. The van der Waals surface area contributed by atoms with Gasteiger partial charge < -0.3 is 15.0 Å². The monoisotopic (exact) mass is 533 g/mol. The van der Waals surface area contributed by atoms with Gasteiger partial charge in [0, 0.05) is 16.6 Å². The van der Waals surface area contributed by atoms with E-state index in [2.05, 4.69) is 33.5 Å². The topological polar surface area (TPSA) is 101 Å². The van der Waals surface area contributed by atoms with E-state index in [0.29, 0.717) is 33.2 Å². The van der Waals surface area contributed by atoms with Crippen LogP contribution < -0.4 is 10.9 Å². The lowest BCUT2D eigenvalue weighted by molar-refractivity contribution is -0.115. The van der Waals surface area contributed by atoms with E-state index in [1.54, 1.807) is 38.1 Å². The van der Waals surface area contributed by atoms with Gasteiger partial charge >= 0.3 is 5.97 Å². The zero-order valence-electron chi connectivity index (χ0n) is 20.6. The Labute approximate surface area is 222 Å². The van der Waals surface area contributed by atoms with Crippen molar-refractivity contribution in [3.63, 3.8) is 0 Å². The Morgan fingerprint density at radius 3 is 2.65 bits per heavy atom. The summed E-state index contributed by atoms with van der Waals surface area (Å²) in [6.07, 6.45) is 4.63. The number of amides is 1. The van der Waals surface area contributed by atoms with E-state index in [4.69, 9.17) is 4.74 Å². The summed E-state index contributed by atoms with van der Waals surface area (Å²) in [4.78, 5) is 45.8. The molecule has 190 valence electrons.